The van der Waals surface area contributed by atoms with Crippen LogP contribution in [0.15, 0.2) is 66.7 Å². The van der Waals surface area contributed by atoms with Crippen molar-refractivity contribution < 1.29 is 38.1 Å². The molecule has 5 N–H and O–H groups in total. The summed E-state index contributed by atoms with van der Waals surface area (Å²) in [5, 5.41) is 21.0. The molecule has 12 heteroatoms. The SMILES string of the molecule is CC(C)[C@@H]1NC(=O)c2cc(ccc2O)Oc2ccc(cc2)C[C@@H](C(=O)NCCOc2ccc(F)cc2)NC(=O)[C@H](C)NC1=O. The molecular weight excluding hydrogens is 571 g/mol. The lowest BCUT2D eigenvalue weighted by molar-refractivity contribution is -0.132. The van der Waals surface area contributed by atoms with Gasteiger partial charge in [0.2, 0.25) is 17.7 Å². The van der Waals surface area contributed by atoms with Crippen LogP contribution in [0.3, 0.4) is 0 Å². The average molecular weight is 607 g/mol. The topological polar surface area (TPSA) is 155 Å². The first-order chi connectivity index (χ1) is 21.0. The molecule has 5 rings (SSSR count). The maximum Gasteiger partial charge on any atom is 0.255 e. The van der Waals surface area contributed by atoms with Crippen molar-refractivity contribution in [2.45, 2.75) is 45.3 Å². The van der Waals surface area contributed by atoms with Crippen molar-refractivity contribution in [1.82, 2.24) is 21.3 Å². The van der Waals surface area contributed by atoms with Crippen molar-refractivity contribution in [1.29, 1.82) is 0 Å². The minimum absolute atomic E-state index is 0.0820. The van der Waals surface area contributed by atoms with Crippen LogP contribution in [-0.2, 0) is 20.8 Å². The number of phenolic OH excluding ortho intramolecular Hbond substituents is 1. The van der Waals surface area contributed by atoms with E-state index in [1.807, 2.05) is 0 Å². The number of aromatic hydroxyl groups is 1. The van der Waals surface area contributed by atoms with Crippen LogP contribution >= 0.6 is 0 Å². The van der Waals surface area contributed by atoms with E-state index in [1.165, 1.54) is 49.4 Å². The molecular formula is C32H35FN4O7. The fourth-order valence-corrected chi connectivity index (χ4v) is 4.45. The molecule has 0 unspecified atom stereocenters. The fraction of sp³-hybridized carbons (Fsp3) is 0.312. The lowest BCUT2D eigenvalue weighted by atomic mass is 10.0. The molecule has 0 spiro atoms. The summed E-state index contributed by atoms with van der Waals surface area (Å²) in [5.41, 5.74) is 0.630. The Morgan fingerprint density at radius 1 is 0.977 bits per heavy atom. The van der Waals surface area contributed by atoms with Crippen molar-refractivity contribution >= 4 is 23.6 Å². The van der Waals surface area contributed by atoms with E-state index in [2.05, 4.69) is 21.3 Å². The lowest BCUT2D eigenvalue weighted by Crippen LogP contribution is -2.57. The molecule has 0 fully saturated rings. The number of nitrogens with one attached hydrogen (secondary N) is 4. The van der Waals surface area contributed by atoms with Gasteiger partial charge in [0, 0.05) is 6.42 Å². The van der Waals surface area contributed by atoms with Crippen LogP contribution in [0.4, 0.5) is 4.39 Å². The number of phenols is 1. The number of carbonyl (C=O) groups is 4. The van der Waals surface area contributed by atoms with E-state index in [1.54, 1.807) is 38.1 Å². The van der Waals surface area contributed by atoms with E-state index < -0.39 is 47.6 Å². The van der Waals surface area contributed by atoms with Crippen LogP contribution in [0, 0.1) is 11.7 Å². The van der Waals surface area contributed by atoms with Crippen LogP contribution in [0.5, 0.6) is 23.0 Å². The third-order valence-electron chi connectivity index (χ3n) is 6.92. The van der Waals surface area contributed by atoms with Crippen LogP contribution in [0.1, 0.15) is 36.7 Å². The molecule has 44 heavy (non-hydrogen) atoms. The number of fused-ring (bicyclic) bond motifs is 11. The Morgan fingerprint density at radius 2 is 1.66 bits per heavy atom. The number of rotatable bonds is 6. The van der Waals surface area contributed by atoms with E-state index >= 15 is 0 Å². The maximum absolute atomic E-state index is 13.2. The first kappa shape index (κ1) is 31.8. The first-order valence-corrected chi connectivity index (χ1v) is 14.2. The normalized spacial score (nSPS) is 19.1. The monoisotopic (exact) mass is 606 g/mol. The van der Waals surface area contributed by atoms with E-state index in [-0.39, 0.29) is 42.6 Å². The van der Waals surface area contributed by atoms with Crippen LogP contribution in [-0.4, -0.2) is 60.0 Å². The summed E-state index contributed by atoms with van der Waals surface area (Å²) in [6.45, 7) is 5.15. The third kappa shape index (κ3) is 8.46. The average Bonchev–Trinajstić information content (AvgIpc) is 2.99. The van der Waals surface area contributed by atoms with E-state index in [0.29, 0.717) is 17.1 Å². The minimum atomic E-state index is -1.05. The Labute approximate surface area is 254 Å². The summed E-state index contributed by atoms with van der Waals surface area (Å²) >= 11 is 0. The Hall–Kier alpha value is -5.13. The zero-order chi connectivity index (χ0) is 31.8. The maximum atomic E-state index is 13.2. The fourth-order valence-electron chi connectivity index (χ4n) is 4.45. The van der Waals surface area contributed by atoms with Gasteiger partial charge in [0.15, 0.2) is 0 Å². The standard InChI is InChI=1S/C32H35FN4O7/c1-18(2)28-32(42)35-19(3)29(39)36-26(31(41)34-14-15-43-22-10-6-21(33)7-11-22)16-20-4-8-23(9-5-20)44-24-12-13-27(38)25(17-24)30(40)37-28/h4-13,17-19,26,28,38H,14-16H2,1-3H3,(H,34,41)(H,35,42)(H,36,39)(H,37,40)/t19-,26-,28-/m0/s1. The number of hydrogen-bond donors (Lipinski definition) is 5. The minimum Gasteiger partial charge on any atom is -0.507 e. The molecule has 0 radical (unpaired) electrons. The molecule has 0 saturated heterocycles. The van der Waals surface area contributed by atoms with Gasteiger partial charge in [0.1, 0.15) is 53.5 Å². The third-order valence-corrected chi connectivity index (χ3v) is 6.92. The van der Waals surface area contributed by atoms with Crippen molar-refractivity contribution in [3.05, 3.63) is 83.7 Å². The number of amides is 4. The Morgan fingerprint density at radius 3 is 2.34 bits per heavy atom. The Kier molecular flexibility index (Phi) is 10.4. The van der Waals surface area contributed by atoms with Crippen molar-refractivity contribution in [2.75, 3.05) is 13.2 Å². The van der Waals surface area contributed by atoms with Gasteiger partial charge in [-0.25, -0.2) is 4.39 Å². The van der Waals surface area contributed by atoms with Gasteiger partial charge in [0.25, 0.3) is 5.91 Å². The van der Waals surface area contributed by atoms with E-state index in [4.69, 9.17) is 9.47 Å². The molecule has 11 nitrogen and oxygen atoms in total. The second-order valence-corrected chi connectivity index (χ2v) is 10.7. The van der Waals surface area contributed by atoms with Crippen molar-refractivity contribution in [3.8, 4) is 23.0 Å². The van der Waals surface area contributed by atoms with Crippen LogP contribution in [0.25, 0.3) is 0 Å². The number of carbonyl (C=O) groups excluding carboxylic acids is 4. The first-order valence-electron chi connectivity index (χ1n) is 14.2. The summed E-state index contributed by atoms with van der Waals surface area (Å²) in [6.07, 6.45) is 0.130. The van der Waals surface area contributed by atoms with Gasteiger partial charge >= 0.3 is 0 Å². The molecule has 0 aliphatic carbocycles. The molecule has 4 bridgehead atoms. The van der Waals surface area contributed by atoms with Gasteiger partial charge in [-0.1, -0.05) is 26.0 Å². The van der Waals surface area contributed by atoms with Gasteiger partial charge < -0.3 is 35.8 Å². The molecule has 4 amide bonds. The predicted molar refractivity (Wildman–Crippen MR) is 159 cm³/mol. The summed E-state index contributed by atoms with van der Waals surface area (Å²) in [6, 6.07) is 13.4. The number of ether oxygens (including phenoxy) is 2. The molecule has 2 aliphatic rings. The summed E-state index contributed by atoms with van der Waals surface area (Å²) in [5.74, 6) is -2.28. The number of benzene rings is 3. The van der Waals surface area contributed by atoms with Crippen LogP contribution < -0.4 is 30.7 Å². The highest BCUT2D eigenvalue weighted by Crippen LogP contribution is 2.28. The quantitative estimate of drug-likeness (QED) is 0.214. The largest absolute Gasteiger partial charge is 0.507 e. The van der Waals surface area contributed by atoms with Gasteiger partial charge in [-0.3, -0.25) is 19.2 Å². The van der Waals surface area contributed by atoms with Gasteiger partial charge in [-0.15, -0.1) is 0 Å². The molecule has 232 valence electrons. The summed E-state index contributed by atoms with van der Waals surface area (Å²) < 4.78 is 24.5. The van der Waals surface area contributed by atoms with E-state index in [0.717, 1.165) is 0 Å². The lowest BCUT2D eigenvalue weighted by Gasteiger charge is -2.25. The highest BCUT2D eigenvalue weighted by atomic mass is 19.1. The van der Waals surface area contributed by atoms with Gasteiger partial charge in [-0.05, 0) is 73.0 Å². The smallest absolute Gasteiger partial charge is 0.255 e. The van der Waals surface area contributed by atoms with Crippen LogP contribution in [0.2, 0.25) is 0 Å². The summed E-state index contributed by atoms with van der Waals surface area (Å²) in [4.78, 5) is 52.6. The van der Waals surface area contributed by atoms with Crippen molar-refractivity contribution in [3.63, 3.8) is 0 Å². The molecule has 0 saturated carbocycles. The molecule has 2 heterocycles. The Balaban J connectivity index is 1.55. The van der Waals surface area contributed by atoms with E-state index in [9.17, 15) is 28.7 Å². The predicted octanol–water partition coefficient (Wildman–Crippen LogP) is 2.82. The summed E-state index contributed by atoms with van der Waals surface area (Å²) in [7, 11) is 0. The zero-order valence-corrected chi connectivity index (χ0v) is 24.6. The molecule has 2 aliphatic heterocycles. The Bertz CT molecular complexity index is 1500. The molecule has 3 aromatic carbocycles. The highest BCUT2D eigenvalue weighted by Gasteiger charge is 2.30. The molecule has 3 aromatic rings. The van der Waals surface area contributed by atoms with Crippen molar-refractivity contribution in [2.24, 2.45) is 5.92 Å². The highest BCUT2D eigenvalue weighted by molar-refractivity contribution is 6.00. The number of hydrogen-bond acceptors (Lipinski definition) is 7. The van der Waals surface area contributed by atoms with Gasteiger partial charge in [0.05, 0.1) is 12.1 Å². The molecule has 0 aromatic heterocycles. The second-order valence-electron chi connectivity index (χ2n) is 10.7. The second kappa shape index (κ2) is 14.4. The molecule has 3 atom stereocenters. The number of halogens is 1. The zero-order valence-electron chi connectivity index (χ0n) is 24.6. The van der Waals surface area contributed by atoms with Gasteiger partial charge in [-0.2, -0.15) is 0 Å².